The summed E-state index contributed by atoms with van der Waals surface area (Å²) in [6.45, 7) is 3.77. The molecular weight excluding hydrogens is 486 g/mol. The lowest BCUT2D eigenvalue weighted by atomic mass is 10.00. The molecule has 1 fully saturated rings. The van der Waals surface area contributed by atoms with Gasteiger partial charge in [-0.2, -0.15) is 0 Å². The molecule has 7 heteroatoms. The molecule has 1 atom stereocenters. The Labute approximate surface area is 208 Å². The normalized spacial score (nSPS) is 16.3. The van der Waals surface area contributed by atoms with E-state index in [4.69, 9.17) is 46.4 Å². The Kier molecular flexibility index (Phi) is 7.21. The zero-order valence-electron chi connectivity index (χ0n) is 17.5. The SMILES string of the molecule is Cc1ccc(N2CCN(C(=O)Cc3c(Cl)cccc3Cl)CC2c2ccc(Cl)cc2)c(Cl)c1. The minimum Gasteiger partial charge on any atom is -0.360 e. The topological polar surface area (TPSA) is 23.6 Å². The number of rotatable bonds is 4. The van der Waals surface area contributed by atoms with Crippen molar-refractivity contribution in [3.63, 3.8) is 0 Å². The van der Waals surface area contributed by atoms with Crippen molar-refractivity contribution in [2.24, 2.45) is 0 Å². The minimum absolute atomic E-state index is 0.00591. The van der Waals surface area contributed by atoms with Crippen molar-refractivity contribution in [3.05, 3.63) is 97.4 Å². The molecule has 0 N–H and O–H groups in total. The molecular formula is C25H22Cl4N2O. The van der Waals surface area contributed by atoms with Crippen LogP contribution in [0.15, 0.2) is 60.7 Å². The van der Waals surface area contributed by atoms with Gasteiger partial charge in [-0.15, -0.1) is 0 Å². The molecule has 0 bridgehead atoms. The van der Waals surface area contributed by atoms with Crippen LogP contribution in [-0.4, -0.2) is 30.4 Å². The molecule has 1 amide bonds. The number of piperazine rings is 1. The molecule has 3 aromatic rings. The number of anilines is 1. The summed E-state index contributed by atoms with van der Waals surface area (Å²) in [5.74, 6) is -0.00591. The van der Waals surface area contributed by atoms with E-state index in [0.29, 0.717) is 45.3 Å². The molecule has 0 saturated carbocycles. The highest BCUT2D eigenvalue weighted by molar-refractivity contribution is 6.36. The molecule has 3 aromatic carbocycles. The van der Waals surface area contributed by atoms with Crippen molar-refractivity contribution < 1.29 is 4.79 Å². The lowest BCUT2D eigenvalue weighted by Crippen LogP contribution is -2.51. The van der Waals surface area contributed by atoms with Crippen molar-refractivity contribution in [2.75, 3.05) is 24.5 Å². The van der Waals surface area contributed by atoms with Crippen molar-refractivity contribution in [1.82, 2.24) is 4.90 Å². The van der Waals surface area contributed by atoms with E-state index in [1.807, 2.05) is 48.2 Å². The van der Waals surface area contributed by atoms with Crippen LogP contribution in [0.4, 0.5) is 5.69 Å². The smallest absolute Gasteiger partial charge is 0.227 e. The predicted molar refractivity (Wildman–Crippen MR) is 134 cm³/mol. The number of nitrogens with zero attached hydrogens (tertiary/aromatic N) is 2. The van der Waals surface area contributed by atoms with E-state index in [9.17, 15) is 4.79 Å². The van der Waals surface area contributed by atoms with Gasteiger partial charge >= 0.3 is 0 Å². The average molecular weight is 508 g/mol. The van der Waals surface area contributed by atoms with Crippen LogP contribution in [0, 0.1) is 6.92 Å². The Morgan fingerprint density at radius 2 is 1.59 bits per heavy atom. The zero-order valence-corrected chi connectivity index (χ0v) is 20.5. The highest BCUT2D eigenvalue weighted by atomic mass is 35.5. The summed E-state index contributed by atoms with van der Waals surface area (Å²) in [7, 11) is 0. The molecule has 0 spiro atoms. The molecule has 32 heavy (non-hydrogen) atoms. The quantitative estimate of drug-likeness (QED) is 0.371. The molecule has 166 valence electrons. The van der Waals surface area contributed by atoms with Crippen molar-refractivity contribution >= 4 is 58.0 Å². The van der Waals surface area contributed by atoms with Gasteiger partial charge in [0.25, 0.3) is 0 Å². The van der Waals surface area contributed by atoms with Gasteiger partial charge in [-0.3, -0.25) is 4.79 Å². The maximum atomic E-state index is 13.2. The van der Waals surface area contributed by atoms with Crippen LogP contribution in [0.2, 0.25) is 20.1 Å². The van der Waals surface area contributed by atoms with Crippen LogP contribution < -0.4 is 4.90 Å². The molecule has 3 nitrogen and oxygen atoms in total. The van der Waals surface area contributed by atoms with Gasteiger partial charge in [-0.1, -0.05) is 70.7 Å². The average Bonchev–Trinajstić information content (AvgIpc) is 2.77. The first-order valence-corrected chi connectivity index (χ1v) is 11.8. The number of aryl methyl sites for hydroxylation is 1. The summed E-state index contributed by atoms with van der Waals surface area (Å²) in [5, 5.41) is 2.38. The van der Waals surface area contributed by atoms with E-state index in [1.54, 1.807) is 18.2 Å². The number of carbonyl (C=O) groups is 1. The lowest BCUT2D eigenvalue weighted by molar-refractivity contribution is -0.131. The first-order valence-electron chi connectivity index (χ1n) is 10.3. The summed E-state index contributed by atoms with van der Waals surface area (Å²) in [6.07, 6.45) is 0.164. The monoisotopic (exact) mass is 506 g/mol. The molecule has 1 aliphatic heterocycles. The second kappa shape index (κ2) is 9.93. The van der Waals surface area contributed by atoms with Crippen LogP contribution in [0.5, 0.6) is 0 Å². The van der Waals surface area contributed by atoms with Gasteiger partial charge in [0.15, 0.2) is 0 Å². The maximum absolute atomic E-state index is 13.2. The maximum Gasteiger partial charge on any atom is 0.227 e. The van der Waals surface area contributed by atoms with E-state index in [2.05, 4.69) is 11.0 Å². The van der Waals surface area contributed by atoms with Gasteiger partial charge in [0.2, 0.25) is 5.91 Å². The molecule has 1 heterocycles. The van der Waals surface area contributed by atoms with Crippen molar-refractivity contribution in [1.29, 1.82) is 0 Å². The third kappa shape index (κ3) is 5.02. The number of hydrogen-bond acceptors (Lipinski definition) is 2. The van der Waals surface area contributed by atoms with Gasteiger partial charge < -0.3 is 9.80 Å². The third-order valence-corrected chi connectivity index (χ3v) is 7.05. The summed E-state index contributed by atoms with van der Waals surface area (Å²) in [4.78, 5) is 17.3. The number of benzene rings is 3. The van der Waals surface area contributed by atoms with Crippen LogP contribution >= 0.6 is 46.4 Å². The van der Waals surface area contributed by atoms with E-state index in [1.165, 1.54) is 0 Å². The minimum atomic E-state index is -0.0631. The fourth-order valence-corrected chi connectivity index (χ4v) is 5.08. The second-order valence-corrected chi connectivity index (χ2v) is 9.59. The third-order valence-electron chi connectivity index (χ3n) is 5.79. The van der Waals surface area contributed by atoms with Crippen molar-refractivity contribution in [2.45, 2.75) is 19.4 Å². The largest absolute Gasteiger partial charge is 0.360 e. The van der Waals surface area contributed by atoms with Gasteiger partial charge in [-0.05, 0) is 60.0 Å². The van der Waals surface area contributed by atoms with Crippen LogP contribution in [0.25, 0.3) is 0 Å². The van der Waals surface area contributed by atoms with Gasteiger partial charge in [0.05, 0.1) is 23.2 Å². The van der Waals surface area contributed by atoms with Gasteiger partial charge in [0.1, 0.15) is 0 Å². The second-order valence-electron chi connectivity index (χ2n) is 7.93. The first-order chi connectivity index (χ1) is 15.3. The summed E-state index contributed by atoms with van der Waals surface area (Å²) < 4.78 is 0. The summed E-state index contributed by atoms with van der Waals surface area (Å²) >= 11 is 25.3. The first kappa shape index (κ1) is 23.3. The molecule has 0 aromatic heterocycles. The fraction of sp³-hybridized carbons (Fsp3) is 0.240. The van der Waals surface area contributed by atoms with Crippen LogP contribution in [0.3, 0.4) is 0 Å². The molecule has 1 saturated heterocycles. The Hall–Kier alpha value is -1.91. The van der Waals surface area contributed by atoms with E-state index in [0.717, 1.165) is 16.8 Å². The lowest BCUT2D eigenvalue weighted by Gasteiger charge is -2.43. The Balaban J connectivity index is 1.62. The zero-order chi connectivity index (χ0) is 22.8. The Morgan fingerprint density at radius 3 is 2.25 bits per heavy atom. The summed E-state index contributed by atoms with van der Waals surface area (Å²) in [6, 6.07) is 19.0. The van der Waals surface area contributed by atoms with E-state index in [-0.39, 0.29) is 18.4 Å². The highest BCUT2D eigenvalue weighted by Crippen LogP contribution is 2.36. The molecule has 0 radical (unpaired) electrons. The number of carbonyl (C=O) groups excluding carboxylic acids is 1. The van der Waals surface area contributed by atoms with E-state index < -0.39 is 0 Å². The molecule has 4 rings (SSSR count). The predicted octanol–water partition coefficient (Wildman–Crippen LogP) is 7.24. The Bertz CT molecular complexity index is 1110. The highest BCUT2D eigenvalue weighted by Gasteiger charge is 2.32. The van der Waals surface area contributed by atoms with Crippen molar-refractivity contribution in [3.8, 4) is 0 Å². The van der Waals surface area contributed by atoms with Gasteiger partial charge in [-0.25, -0.2) is 0 Å². The van der Waals surface area contributed by atoms with Crippen LogP contribution in [0.1, 0.15) is 22.7 Å². The van der Waals surface area contributed by atoms with E-state index >= 15 is 0 Å². The van der Waals surface area contributed by atoms with Gasteiger partial charge in [0, 0.05) is 34.7 Å². The number of halogens is 4. The fourth-order valence-electron chi connectivity index (χ4n) is 4.08. The Morgan fingerprint density at radius 1 is 0.906 bits per heavy atom. The molecule has 0 aliphatic carbocycles. The standard InChI is InChI=1S/C25H22Cl4N2O/c1-16-5-10-23(22(29)13-16)31-12-11-30(15-24(31)17-6-8-18(26)9-7-17)25(32)14-19-20(27)3-2-4-21(19)28/h2-10,13,24H,11-12,14-15H2,1H3. The molecule has 1 aliphatic rings. The van der Waals surface area contributed by atoms with Crippen LogP contribution in [-0.2, 0) is 11.2 Å². The number of amides is 1. The number of hydrogen-bond donors (Lipinski definition) is 0. The molecule has 1 unspecified atom stereocenters. The summed E-state index contributed by atoms with van der Waals surface area (Å²) in [5.41, 5.74) is 3.79.